The molecule has 2 rings (SSSR count). The summed E-state index contributed by atoms with van der Waals surface area (Å²) < 4.78 is 5.32. The third-order valence-electron chi connectivity index (χ3n) is 4.17. The minimum absolute atomic E-state index is 0.0849. The van der Waals surface area contributed by atoms with Crippen molar-refractivity contribution in [3.8, 4) is 5.75 Å². The maximum absolute atomic E-state index is 11.7. The van der Waals surface area contributed by atoms with Gasteiger partial charge in [-0.1, -0.05) is 18.2 Å². The zero-order chi connectivity index (χ0) is 18.4. The average Bonchev–Trinajstić information content (AvgIpc) is 2.77. The summed E-state index contributed by atoms with van der Waals surface area (Å²) in [4.78, 5) is 37.7. The van der Waals surface area contributed by atoms with E-state index in [0.717, 1.165) is 5.56 Å². The van der Waals surface area contributed by atoms with Crippen molar-refractivity contribution in [2.24, 2.45) is 11.7 Å². The van der Waals surface area contributed by atoms with E-state index in [2.05, 4.69) is 0 Å². The number of primary amides is 1. The molecule has 0 radical (unpaired) electrons. The normalized spacial score (nSPS) is 18.4. The lowest BCUT2D eigenvalue weighted by atomic mass is 10.1. The summed E-state index contributed by atoms with van der Waals surface area (Å²) in [6.07, 6.45) is 0. The molecular weight excluding hydrogens is 326 g/mol. The molecule has 1 fully saturated rings. The van der Waals surface area contributed by atoms with E-state index < -0.39 is 24.4 Å². The van der Waals surface area contributed by atoms with Crippen LogP contribution in [0.5, 0.6) is 5.75 Å². The lowest BCUT2D eigenvalue weighted by molar-refractivity contribution is -0.139. The first-order valence-electron chi connectivity index (χ1n) is 8.06. The number of carboxylic acids is 1. The minimum Gasteiger partial charge on any atom is -0.482 e. The SMILES string of the molecule is CC(=O)N1CCN(Cc2ccccc2OCC(=O)O)C[C@H](C(N)=O)C1. The van der Waals surface area contributed by atoms with Gasteiger partial charge in [0.15, 0.2) is 6.61 Å². The maximum Gasteiger partial charge on any atom is 0.341 e. The van der Waals surface area contributed by atoms with Crippen molar-refractivity contribution >= 4 is 17.8 Å². The zero-order valence-electron chi connectivity index (χ0n) is 14.2. The molecule has 8 nitrogen and oxygen atoms in total. The number of amides is 2. The monoisotopic (exact) mass is 349 g/mol. The molecule has 1 aromatic rings. The molecule has 1 atom stereocenters. The number of hydrogen-bond acceptors (Lipinski definition) is 5. The van der Waals surface area contributed by atoms with Crippen molar-refractivity contribution in [2.75, 3.05) is 32.8 Å². The highest BCUT2D eigenvalue weighted by atomic mass is 16.5. The number of ether oxygens (including phenoxy) is 1. The average molecular weight is 349 g/mol. The van der Waals surface area contributed by atoms with Crippen molar-refractivity contribution in [3.63, 3.8) is 0 Å². The van der Waals surface area contributed by atoms with Crippen LogP contribution < -0.4 is 10.5 Å². The van der Waals surface area contributed by atoms with Crippen LogP contribution in [0, 0.1) is 5.92 Å². The Labute approximate surface area is 146 Å². The molecule has 1 saturated heterocycles. The number of rotatable bonds is 6. The van der Waals surface area contributed by atoms with Gasteiger partial charge in [0.05, 0.1) is 5.92 Å². The number of nitrogens with zero attached hydrogens (tertiary/aromatic N) is 2. The lowest BCUT2D eigenvalue weighted by Gasteiger charge is -2.23. The molecule has 8 heteroatoms. The predicted octanol–water partition coefficient (Wildman–Crippen LogP) is -0.0844. The first-order valence-corrected chi connectivity index (χ1v) is 8.06. The standard InChI is InChI=1S/C17H23N3O5/c1-12(21)20-7-6-19(9-14(10-20)17(18)24)8-13-4-2-3-5-15(13)25-11-16(22)23/h2-5,14H,6-11H2,1H3,(H2,18,24)(H,22,23)/t14-/m0/s1. The van der Waals surface area contributed by atoms with E-state index in [1.54, 1.807) is 17.0 Å². The van der Waals surface area contributed by atoms with Gasteiger partial charge in [-0.3, -0.25) is 14.5 Å². The van der Waals surface area contributed by atoms with E-state index >= 15 is 0 Å². The van der Waals surface area contributed by atoms with E-state index in [1.165, 1.54) is 6.92 Å². The van der Waals surface area contributed by atoms with Gasteiger partial charge in [-0.15, -0.1) is 0 Å². The Morgan fingerprint density at radius 1 is 1.24 bits per heavy atom. The highest BCUT2D eigenvalue weighted by molar-refractivity contribution is 5.79. The van der Waals surface area contributed by atoms with E-state index in [-0.39, 0.29) is 5.91 Å². The molecule has 0 spiro atoms. The number of nitrogens with two attached hydrogens (primary N) is 1. The Hall–Kier alpha value is -2.61. The molecule has 0 saturated carbocycles. The van der Waals surface area contributed by atoms with Crippen LogP contribution in [0.15, 0.2) is 24.3 Å². The molecule has 3 N–H and O–H groups in total. The summed E-state index contributed by atoms with van der Waals surface area (Å²) in [5.74, 6) is -1.52. The van der Waals surface area contributed by atoms with Crippen LogP contribution in [0.3, 0.4) is 0 Å². The fourth-order valence-corrected chi connectivity index (χ4v) is 2.85. The van der Waals surface area contributed by atoms with E-state index in [0.29, 0.717) is 38.5 Å². The molecule has 0 aliphatic carbocycles. The predicted molar refractivity (Wildman–Crippen MR) is 89.8 cm³/mol. The van der Waals surface area contributed by atoms with Crippen LogP contribution in [0.2, 0.25) is 0 Å². The maximum atomic E-state index is 11.7. The smallest absolute Gasteiger partial charge is 0.341 e. The Balaban J connectivity index is 2.12. The van der Waals surface area contributed by atoms with Gasteiger partial charge in [0, 0.05) is 45.2 Å². The Morgan fingerprint density at radius 2 is 1.96 bits per heavy atom. The molecule has 1 aromatic carbocycles. The third kappa shape index (κ3) is 5.46. The van der Waals surface area contributed by atoms with Gasteiger partial charge in [-0.2, -0.15) is 0 Å². The molecule has 136 valence electrons. The summed E-state index contributed by atoms with van der Waals surface area (Å²) in [5, 5.41) is 8.78. The van der Waals surface area contributed by atoms with Gasteiger partial charge in [0.2, 0.25) is 11.8 Å². The van der Waals surface area contributed by atoms with Crippen molar-refractivity contribution in [2.45, 2.75) is 13.5 Å². The number of carbonyl (C=O) groups is 3. The van der Waals surface area contributed by atoms with Crippen LogP contribution in [0.25, 0.3) is 0 Å². The summed E-state index contributed by atoms with van der Waals surface area (Å²) in [6, 6.07) is 7.18. The van der Waals surface area contributed by atoms with Crippen LogP contribution in [0.1, 0.15) is 12.5 Å². The fraction of sp³-hybridized carbons (Fsp3) is 0.471. The quantitative estimate of drug-likeness (QED) is 0.742. The van der Waals surface area contributed by atoms with Gasteiger partial charge in [-0.05, 0) is 6.07 Å². The Morgan fingerprint density at radius 3 is 2.60 bits per heavy atom. The molecule has 0 bridgehead atoms. The first-order chi connectivity index (χ1) is 11.9. The topological polar surface area (TPSA) is 113 Å². The summed E-state index contributed by atoms with van der Waals surface area (Å²) in [7, 11) is 0. The van der Waals surface area contributed by atoms with Crippen LogP contribution >= 0.6 is 0 Å². The number of carboxylic acid groups (broad SMARTS) is 1. The fourth-order valence-electron chi connectivity index (χ4n) is 2.85. The molecule has 1 heterocycles. The van der Waals surface area contributed by atoms with Crippen molar-refractivity contribution < 1.29 is 24.2 Å². The van der Waals surface area contributed by atoms with Crippen LogP contribution in [0.4, 0.5) is 0 Å². The second-order valence-electron chi connectivity index (χ2n) is 6.09. The second-order valence-corrected chi connectivity index (χ2v) is 6.09. The number of benzene rings is 1. The molecule has 0 unspecified atom stereocenters. The van der Waals surface area contributed by atoms with Gasteiger partial charge in [0.1, 0.15) is 5.75 Å². The highest BCUT2D eigenvalue weighted by Gasteiger charge is 2.28. The molecule has 1 aliphatic rings. The van der Waals surface area contributed by atoms with Crippen LogP contribution in [-0.4, -0.2) is 65.5 Å². The number of para-hydroxylation sites is 1. The summed E-state index contributed by atoms with van der Waals surface area (Å²) >= 11 is 0. The van der Waals surface area contributed by atoms with Gasteiger partial charge in [0.25, 0.3) is 0 Å². The molecule has 2 amide bonds. The van der Waals surface area contributed by atoms with E-state index in [9.17, 15) is 14.4 Å². The number of hydrogen-bond donors (Lipinski definition) is 2. The lowest BCUT2D eigenvalue weighted by Crippen LogP contribution is -2.39. The Bertz CT molecular complexity index is 649. The minimum atomic E-state index is -1.05. The highest BCUT2D eigenvalue weighted by Crippen LogP contribution is 2.21. The van der Waals surface area contributed by atoms with Crippen molar-refractivity contribution in [3.05, 3.63) is 29.8 Å². The van der Waals surface area contributed by atoms with Crippen LogP contribution in [-0.2, 0) is 20.9 Å². The van der Waals surface area contributed by atoms with Crippen molar-refractivity contribution in [1.29, 1.82) is 0 Å². The second kappa shape index (κ2) is 8.48. The largest absolute Gasteiger partial charge is 0.482 e. The zero-order valence-corrected chi connectivity index (χ0v) is 14.2. The summed E-state index contributed by atoms with van der Waals surface area (Å²) in [6.45, 7) is 3.39. The van der Waals surface area contributed by atoms with Gasteiger partial charge < -0.3 is 20.5 Å². The van der Waals surface area contributed by atoms with Gasteiger partial charge >= 0.3 is 5.97 Å². The van der Waals surface area contributed by atoms with Gasteiger partial charge in [-0.25, -0.2) is 4.79 Å². The summed E-state index contributed by atoms with van der Waals surface area (Å²) in [5.41, 5.74) is 6.29. The number of carbonyl (C=O) groups excluding carboxylic acids is 2. The molecule has 25 heavy (non-hydrogen) atoms. The first kappa shape index (κ1) is 18.7. The van der Waals surface area contributed by atoms with E-state index in [1.807, 2.05) is 17.0 Å². The Kier molecular flexibility index (Phi) is 6.35. The van der Waals surface area contributed by atoms with E-state index in [4.69, 9.17) is 15.6 Å². The molecule has 1 aliphatic heterocycles. The molecule has 0 aromatic heterocycles. The van der Waals surface area contributed by atoms with Crippen molar-refractivity contribution in [1.82, 2.24) is 9.80 Å². The number of aliphatic carboxylic acids is 1. The third-order valence-corrected chi connectivity index (χ3v) is 4.17. The molecular formula is C17H23N3O5.